The Hall–Kier alpha value is -0.300. The topological polar surface area (TPSA) is 9.23 Å². The standard InChI is InChI=1S/C30H50O/c1-8-21(19(2)3)10-9-20(4)24-11-12-25-23-17-27(31-7)30-18-22(30)13-16-29(30,6)26(23)14-15-28(24,25)5/h9-10,19-27H,8,11-18H2,1-7H3/b10-9+/t20-,21-,22+,23+,24-,25+,26+,27-,28-,29-,30?/m1/s1/i19D. The van der Waals surface area contributed by atoms with Gasteiger partial charge in [0.1, 0.15) is 0 Å². The largest absolute Gasteiger partial charge is 0.381 e. The van der Waals surface area contributed by atoms with Gasteiger partial charge < -0.3 is 4.74 Å². The highest BCUT2D eigenvalue weighted by Gasteiger charge is 2.77. The molecule has 1 unspecified atom stereocenters. The van der Waals surface area contributed by atoms with E-state index in [1.54, 1.807) is 0 Å². The molecule has 0 aliphatic heterocycles. The van der Waals surface area contributed by atoms with Crippen molar-refractivity contribution in [1.29, 1.82) is 0 Å². The zero-order valence-corrected chi connectivity index (χ0v) is 21.5. The monoisotopic (exact) mass is 427 g/mol. The van der Waals surface area contributed by atoms with Crippen LogP contribution in [0.3, 0.4) is 0 Å². The summed E-state index contributed by atoms with van der Waals surface area (Å²) in [6.07, 6.45) is 18.0. The third-order valence-electron chi connectivity index (χ3n) is 12.4. The SMILES string of the molecule is [2H]C(C)(C)[C@@H](/C=C/[C@@H](C)[C@H]1CC[C@H]2[C@@H]3C[C@@H](OC)C45C[C@@H]4CC[C@]5(C)[C@H]3CC[C@]12C)CC. The number of hydrogen-bond acceptors (Lipinski definition) is 1. The number of fused-ring (bicyclic) bond motifs is 4. The molecule has 5 fully saturated rings. The zero-order chi connectivity index (χ0) is 23.1. The molecule has 176 valence electrons. The third kappa shape index (κ3) is 2.96. The van der Waals surface area contributed by atoms with Crippen molar-refractivity contribution in [3.05, 3.63) is 12.2 Å². The lowest BCUT2D eigenvalue weighted by Crippen LogP contribution is -2.57. The first-order chi connectivity index (χ1) is 15.0. The lowest BCUT2D eigenvalue weighted by Gasteiger charge is -2.61. The number of rotatable bonds is 6. The van der Waals surface area contributed by atoms with E-state index in [4.69, 9.17) is 6.11 Å². The minimum atomic E-state index is -0.379. The van der Waals surface area contributed by atoms with E-state index in [0.717, 1.165) is 36.0 Å². The van der Waals surface area contributed by atoms with E-state index in [9.17, 15) is 0 Å². The van der Waals surface area contributed by atoms with E-state index >= 15 is 0 Å². The van der Waals surface area contributed by atoms with Crippen LogP contribution in [0.4, 0.5) is 0 Å². The van der Waals surface area contributed by atoms with E-state index in [1.807, 2.05) is 7.11 Å². The number of ether oxygens (including phenoxy) is 1. The first-order valence-corrected chi connectivity index (χ1v) is 13.7. The van der Waals surface area contributed by atoms with Crippen molar-refractivity contribution in [3.8, 4) is 0 Å². The predicted octanol–water partition coefficient (Wildman–Crippen LogP) is 8.14. The molecule has 31 heavy (non-hydrogen) atoms. The van der Waals surface area contributed by atoms with Crippen molar-refractivity contribution >= 4 is 0 Å². The second-order valence-corrected chi connectivity index (χ2v) is 13.3. The Balaban J connectivity index is 1.37. The average Bonchev–Trinajstić information content (AvgIpc) is 3.23. The summed E-state index contributed by atoms with van der Waals surface area (Å²) in [6.45, 7) is 14.2. The van der Waals surface area contributed by atoms with E-state index in [1.165, 1.54) is 51.4 Å². The molecular weight excluding hydrogens is 376 g/mol. The van der Waals surface area contributed by atoms with Gasteiger partial charge in [-0.2, -0.15) is 0 Å². The van der Waals surface area contributed by atoms with Crippen LogP contribution in [0.5, 0.6) is 0 Å². The highest BCUT2D eigenvalue weighted by molar-refractivity contribution is 5.26. The van der Waals surface area contributed by atoms with Gasteiger partial charge in [-0.25, -0.2) is 0 Å². The lowest BCUT2D eigenvalue weighted by atomic mass is 9.45. The van der Waals surface area contributed by atoms with Gasteiger partial charge in [-0.15, -0.1) is 0 Å². The average molecular weight is 428 g/mol. The normalized spacial score (nSPS) is 53.3. The van der Waals surface area contributed by atoms with Crippen molar-refractivity contribution in [2.45, 2.75) is 105 Å². The Morgan fingerprint density at radius 1 is 1.03 bits per heavy atom. The van der Waals surface area contributed by atoms with Crippen molar-refractivity contribution in [2.75, 3.05) is 7.11 Å². The Kier molecular flexibility index (Phi) is 5.22. The number of allylic oxidation sites excluding steroid dienone is 2. The number of methoxy groups -OCH3 is 1. The molecule has 0 aromatic heterocycles. The van der Waals surface area contributed by atoms with E-state index in [2.05, 4.69) is 53.7 Å². The Labute approximate surface area is 194 Å². The summed E-state index contributed by atoms with van der Waals surface area (Å²) < 4.78 is 14.8. The Morgan fingerprint density at radius 2 is 1.81 bits per heavy atom. The van der Waals surface area contributed by atoms with Crippen LogP contribution in [-0.4, -0.2) is 13.2 Å². The molecule has 1 heteroatoms. The molecule has 5 rings (SSSR count). The maximum absolute atomic E-state index is 8.50. The van der Waals surface area contributed by atoms with Crippen LogP contribution >= 0.6 is 0 Å². The predicted molar refractivity (Wildman–Crippen MR) is 131 cm³/mol. The van der Waals surface area contributed by atoms with Crippen molar-refractivity contribution in [3.63, 3.8) is 0 Å². The number of hydrogen-bond donors (Lipinski definition) is 0. The molecule has 5 aliphatic carbocycles. The molecule has 0 radical (unpaired) electrons. The zero-order valence-electron chi connectivity index (χ0n) is 22.5. The van der Waals surface area contributed by atoms with Crippen LogP contribution in [0.25, 0.3) is 0 Å². The van der Waals surface area contributed by atoms with E-state index in [0.29, 0.717) is 34.2 Å². The molecular formula is C30H50O. The molecule has 0 N–H and O–H groups in total. The molecule has 0 bridgehead atoms. The van der Waals surface area contributed by atoms with Crippen LogP contribution in [-0.2, 0) is 4.74 Å². The Morgan fingerprint density at radius 3 is 2.45 bits per heavy atom. The molecule has 0 aromatic carbocycles. The summed E-state index contributed by atoms with van der Waals surface area (Å²) in [6, 6.07) is 0. The van der Waals surface area contributed by atoms with Crippen LogP contribution < -0.4 is 0 Å². The van der Waals surface area contributed by atoms with Crippen LogP contribution in [0.15, 0.2) is 12.2 Å². The quantitative estimate of drug-likeness (QED) is 0.389. The van der Waals surface area contributed by atoms with Gasteiger partial charge in [0.05, 0.1) is 6.10 Å². The third-order valence-corrected chi connectivity index (χ3v) is 12.4. The first kappa shape index (κ1) is 21.2. The molecule has 1 nitrogen and oxygen atoms in total. The summed E-state index contributed by atoms with van der Waals surface area (Å²) in [5.74, 6) is 5.09. The molecule has 0 heterocycles. The summed E-state index contributed by atoms with van der Waals surface area (Å²) in [5.41, 5.74) is 1.58. The summed E-state index contributed by atoms with van der Waals surface area (Å²) in [4.78, 5) is 0. The fourth-order valence-corrected chi connectivity index (χ4v) is 10.7. The minimum Gasteiger partial charge on any atom is -0.381 e. The van der Waals surface area contributed by atoms with Gasteiger partial charge in [-0.05, 0) is 116 Å². The van der Waals surface area contributed by atoms with Gasteiger partial charge in [-0.1, -0.05) is 53.7 Å². The van der Waals surface area contributed by atoms with Crippen LogP contribution in [0.2, 0.25) is 0 Å². The van der Waals surface area contributed by atoms with Gasteiger partial charge in [0.15, 0.2) is 0 Å². The van der Waals surface area contributed by atoms with Crippen LogP contribution in [0.1, 0.15) is 101 Å². The van der Waals surface area contributed by atoms with Crippen molar-refractivity contribution < 1.29 is 6.11 Å². The molecule has 0 saturated heterocycles. The maximum atomic E-state index is 8.50. The van der Waals surface area contributed by atoms with E-state index < -0.39 is 0 Å². The Bertz CT molecular complexity index is 752. The van der Waals surface area contributed by atoms with Crippen molar-refractivity contribution in [1.82, 2.24) is 0 Å². The van der Waals surface area contributed by atoms with Crippen LogP contribution in [0, 0.1) is 63.6 Å². The van der Waals surface area contributed by atoms with Crippen molar-refractivity contribution in [2.24, 2.45) is 63.6 Å². The molecule has 11 atom stereocenters. The summed E-state index contributed by atoms with van der Waals surface area (Å²) in [7, 11) is 2.01. The molecule has 5 saturated carbocycles. The fraction of sp³-hybridized carbons (Fsp3) is 0.933. The first-order valence-electron chi connectivity index (χ1n) is 14.2. The molecule has 5 aliphatic rings. The van der Waals surface area contributed by atoms with Gasteiger partial charge in [0.25, 0.3) is 0 Å². The van der Waals surface area contributed by atoms with Gasteiger partial charge in [-0.3, -0.25) is 0 Å². The highest BCUT2D eigenvalue weighted by Crippen LogP contribution is 2.82. The van der Waals surface area contributed by atoms with Gasteiger partial charge in [0, 0.05) is 13.9 Å². The maximum Gasteiger partial charge on any atom is 0.0638 e. The van der Waals surface area contributed by atoms with E-state index in [-0.39, 0.29) is 5.89 Å². The lowest BCUT2D eigenvalue weighted by molar-refractivity contribution is -0.160. The highest BCUT2D eigenvalue weighted by atomic mass is 16.5. The van der Waals surface area contributed by atoms with Gasteiger partial charge in [0.2, 0.25) is 0 Å². The minimum absolute atomic E-state index is 0.358. The second-order valence-electron chi connectivity index (χ2n) is 13.3. The smallest absolute Gasteiger partial charge is 0.0638 e. The second kappa shape index (κ2) is 7.61. The molecule has 0 aromatic rings. The van der Waals surface area contributed by atoms with Gasteiger partial charge >= 0.3 is 0 Å². The fourth-order valence-electron chi connectivity index (χ4n) is 10.7. The molecule has 1 spiro atoms. The molecule has 0 amide bonds. The summed E-state index contributed by atoms with van der Waals surface area (Å²) in [5, 5.41) is 0. The summed E-state index contributed by atoms with van der Waals surface area (Å²) >= 11 is 0.